The molecule has 0 amide bonds. The summed E-state index contributed by atoms with van der Waals surface area (Å²) in [5.74, 6) is 4.92. The first-order valence-corrected chi connectivity index (χ1v) is 15.5. The Balaban J connectivity index is 0.00000176. The van der Waals surface area contributed by atoms with E-state index in [0.29, 0.717) is 5.41 Å². The lowest BCUT2D eigenvalue weighted by Gasteiger charge is -2.58. The summed E-state index contributed by atoms with van der Waals surface area (Å²) < 4.78 is 5.76. The fourth-order valence-corrected chi connectivity index (χ4v) is 9.17. The van der Waals surface area contributed by atoms with Crippen LogP contribution in [0.15, 0.2) is 11.6 Å². The molecule has 36 heavy (non-hydrogen) atoms. The number of hydrogen-bond donors (Lipinski definition) is 0. The molecule has 0 heterocycles. The molecule has 4 aliphatic carbocycles. The Bertz CT molecular complexity index is 769. The highest BCUT2D eigenvalue weighted by Gasteiger charge is 2.59. The largest absolute Gasteiger partial charge is 0.462 e. The minimum absolute atomic E-state index is 0.00596. The predicted octanol–water partition coefficient (Wildman–Crippen LogP) is 8.94. The number of ether oxygens (including phenoxy) is 1. The molecule has 3 nitrogen and oxygen atoms in total. The number of allylic oxidation sites excluding steroid dienone is 1. The second kappa shape index (κ2) is 12.6. The number of rotatable bonds is 9. The van der Waals surface area contributed by atoms with Gasteiger partial charge in [0.05, 0.1) is 6.42 Å². The van der Waals surface area contributed by atoms with Crippen molar-refractivity contribution in [2.75, 3.05) is 0 Å². The zero-order valence-corrected chi connectivity index (χ0v) is 24.6. The lowest BCUT2D eigenvalue weighted by atomic mass is 9.47. The molecule has 8 unspecified atom stereocenters. The van der Waals surface area contributed by atoms with Crippen LogP contribution in [0.1, 0.15) is 132 Å². The van der Waals surface area contributed by atoms with E-state index >= 15 is 0 Å². The van der Waals surface area contributed by atoms with Gasteiger partial charge in [0.25, 0.3) is 0 Å². The Morgan fingerprint density at radius 1 is 1.06 bits per heavy atom. The zero-order valence-electron chi connectivity index (χ0n) is 24.6. The molecule has 0 aliphatic heterocycles. The topological polar surface area (TPSA) is 43.4 Å². The van der Waals surface area contributed by atoms with Crippen LogP contribution >= 0.6 is 0 Å². The van der Waals surface area contributed by atoms with Crippen LogP contribution in [0, 0.1) is 46.3 Å². The van der Waals surface area contributed by atoms with Crippen LogP contribution in [0.5, 0.6) is 0 Å². The average Bonchev–Trinajstić information content (AvgIpc) is 3.21. The molecule has 0 saturated heterocycles. The van der Waals surface area contributed by atoms with Crippen molar-refractivity contribution in [3.05, 3.63) is 11.6 Å². The number of fused-ring (bicyclic) bond motifs is 5. The first kappa shape index (κ1) is 29.4. The van der Waals surface area contributed by atoms with Crippen molar-refractivity contribution in [2.24, 2.45) is 46.3 Å². The first-order valence-electron chi connectivity index (χ1n) is 15.5. The van der Waals surface area contributed by atoms with Crippen LogP contribution in [0.3, 0.4) is 0 Å². The molecule has 3 saturated carbocycles. The number of aldehydes is 1. The smallest absolute Gasteiger partial charge is 0.306 e. The van der Waals surface area contributed by atoms with Crippen molar-refractivity contribution >= 4 is 12.3 Å². The molecule has 0 aromatic heterocycles. The van der Waals surface area contributed by atoms with Gasteiger partial charge in [-0.25, -0.2) is 0 Å². The highest BCUT2D eigenvalue weighted by molar-refractivity contribution is 5.72. The minimum Gasteiger partial charge on any atom is -0.462 e. The maximum atomic E-state index is 12.1. The van der Waals surface area contributed by atoms with E-state index in [4.69, 9.17) is 4.74 Å². The number of carbonyl (C=O) groups is 2. The summed E-state index contributed by atoms with van der Waals surface area (Å²) in [7, 11) is 0. The number of esters is 1. The standard InChI is InChI=1S/C31H50O3.C2H6/c1-21(2)8-6-9-22(3)26-13-14-27-25-12-11-23-20-24(34-29(33)10-7-19-32)15-17-30(23,4)28(25)16-18-31(26,27)5;1-2/h11,19,21-22,24-28H,6-10,12-18,20H2,1-5H3;1-2H3. The first-order chi connectivity index (χ1) is 17.2. The molecule has 4 rings (SSSR count). The molecule has 206 valence electrons. The third kappa shape index (κ3) is 5.96. The predicted molar refractivity (Wildman–Crippen MR) is 150 cm³/mol. The molecule has 0 bridgehead atoms. The highest BCUT2D eigenvalue weighted by Crippen LogP contribution is 2.67. The van der Waals surface area contributed by atoms with Crippen LogP contribution < -0.4 is 0 Å². The zero-order chi connectivity index (χ0) is 26.5. The second-order valence-corrected chi connectivity index (χ2v) is 13.3. The molecule has 8 atom stereocenters. The van der Waals surface area contributed by atoms with Crippen LogP contribution in [-0.2, 0) is 14.3 Å². The van der Waals surface area contributed by atoms with E-state index < -0.39 is 0 Å². The molecular formula is C33H56O3. The minimum atomic E-state index is -0.206. The Morgan fingerprint density at radius 3 is 2.50 bits per heavy atom. The quantitative estimate of drug-likeness (QED) is 0.180. The van der Waals surface area contributed by atoms with Crippen molar-refractivity contribution in [1.82, 2.24) is 0 Å². The van der Waals surface area contributed by atoms with Gasteiger partial charge in [0.2, 0.25) is 0 Å². The van der Waals surface area contributed by atoms with Crippen LogP contribution in [0.25, 0.3) is 0 Å². The van der Waals surface area contributed by atoms with Crippen molar-refractivity contribution in [2.45, 2.75) is 138 Å². The van der Waals surface area contributed by atoms with Crippen molar-refractivity contribution in [3.8, 4) is 0 Å². The maximum absolute atomic E-state index is 12.1. The SMILES string of the molecule is CC.CC(C)CCCC(C)C1CCC2C3CC=C4CC(OC(=O)CCC=O)CCC4(C)C3CCC12C. The van der Waals surface area contributed by atoms with Crippen molar-refractivity contribution in [1.29, 1.82) is 0 Å². The van der Waals surface area contributed by atoms with Gasteiger partial charge in [-0.1, -0.05) is 79.4 Å². The van der Waals surface area contributed by atoms with E-state index in [1.165, 1.54) is 51.4 Å². The lowest BCUT2D eigenvalue weighted by molar-refractivity contribution is -0.152. The summed E-state index contributed by atoms with van der Waals surface area (Å²) in [6, 6.07) is 0. The number of carbonyl (C=O) groups excluding carboxylic acids is 2. The average molecular weight is 501 g/mol. The van der Waals surface area contributed by atoms with Gasteiger partial charge in [0, 0.05) is 12.8 Å². The molecular weight excluding hydrogens is 444 g/mol. The molecule has 0 aromatic rings. The van der Waals surface area contributed by atoms with Gasteiger partial charge in [-0.3, -0.25) is 4.79 Å². The van der Waals surface area contributed by atoms with Gasteiger partial charge in [-0.05, 0) is 91.3 Å². The third-order valence-corrected chi connectivity index (χ3v) is 11.0. The third-order valence-electron chi connectivity index (χ3n) is 11.0. The molecule has 0 N–H and O–H groups in total. The van der Waals surface area contributed by atoms with E-state index in [2.05, 4.69) is 40.7 Å². The summed E-state index contributed by atoms with van der Waals surface area (Å²) in [4.78, 5) is 22.7. The Kier molecular flexibility index (Phi) is 10.3. The molecule has 3 heteroatoms. The van der Waals surface area contributed by atoms with Gasteiger partial charge < -0.3 is 9.53 Å². The van der Waals surface area contributed by atoms with Gasteiger partial charge >= 0.3 is 5.97 Å². The van der Waals surface area contributed by atoms with Crippen LogP contribution in [-0.4, -0.2) is 18.4 Å². The van der Waals surface area contributed by atoms with Gasteiger partial charge in [0.1, 0.15) is 12.4 Å². The van der Waals surface area contributed by atoms with Crippen molar-refractivity contribution in [3.63, 3.8) is 0 Å². The Morgan fingerprint density at radius 2 is 1.81 bits per heavy atom. The normalized spacial score (nSPS) is 38.0. The van der Waals surface area contributed by atoms with Gasteiger partial charge in [0.15, 0.2) is 0 Å². The fourth-order valence-electron chi connectivity index (χ4n) is 9.17. The monoisotopic (exact) mass is 500 g/mol. The van der Waals surface area contributed by atoms with Crippen LogP contribution in [0.2, 0.25) is 0 Å². The Hall–Kier alpha value is -1.12. The van der Waals surface area contributed by atoms with E-state index in [-0.39, 0.29) is 30.3 Å². The molecule has 4 aliphatic rings. The summed E-state index contributed by atoms with van der Waals surface area (Å²) in [5, 5.41) is 0. The second-order valence-electron chi connectivity index (χ2n) is 13.3. The highest BCUT2D eigenvalue weighted by atomic mass is 16.5. The summed E-state index contributed by atoms with van der Waals surface area (Å²) >= 11 is 0. The van der Waals surface area contributed by atoms with Gasteiger partial charge in [-0.15, -0.1) is 0 Å². The Labute approximate surface area is 222 Å². The molecule has 0 aromatic carbocycles. The summed E-state index contributed by atoms with van der Waals surface area (Å²) in [6.07, 6.45) is 18.0. The van der Waals surface area contributed by atoms with Crippen LogP contribution in [0.4, 0.5) is 0 Å². The van der Waals surface area contributed by atoms with E-state index in [9.17, 15) is 9.59 Å². The number of hydrogen-bond acceptors (Lipinski definition) is 3. The fraction of sp³-hybridized carbons (Fsp3) is 0.879. The van der Waals surface area contributed by atoms with Gasteiger partial charge in [-0.2, -0.15) is 0 Å². The van der Waals surface area contributed by atoms with E-state index in [0.717, 1.165) is 61.1 Å². The summed E-state index contributed by atoms with van der Waals surface area (Å²) in [5.41, 5.74) is 2.39. The van der Waals surface area contributed by atoms with E-state index in [1.807, 2.05) is 13.8 Å². The molecule has 0 spiro atoms. The van der Waals surface area contributed by atoms with E-state index in [1.54, 1.807) is 5.57 Å². The lowest BCUT2D eigenvalue weighted by Crippen LogP contribution is -2.51. The molecule has 3 fully saturated rings. The maximum Gasteiger partial charge on any atom is 0.306 e. The summed E-state index contributed by atoms with van der Waals surface area (Å²) in [6.45, 7) is 16.5. The molecule has 0 radical (unpaired) electrons. The van der Waals surface area contributed by atoms with Crippen molar-refractivity contribution < 1.29 is 14.3 Å².